The van der Waals surface area contributed by atoms with E-state index < -0.39 is 20.0 Å². The van der Waals surface area contributed by atoms with Gasteiger partial charge in [-0.05, 0) is 32.1 Å². The zero-order valence-corrected chi connectivity index (χ0v) is 49.8. The molecule has 0 saturated heterocycles. The maximum absolute atomic E-state index is 13.0. The van der Waals surface area contributed by atoms with Crippen LogP contribution in [0.1, 0.15) is 322 Å². The molecule has 0 aromatic heterocycles. The lowest BCUT2D eigenvalue weighted by molar-refractivity contribution is -0.870. The first kappa shape index (κ1) is 71.0. The van der Waals surface area contributed by atoms with Crippen LogP contribution in [0.5, 0.6) is 0 Å². The second kappa shape index (κ2) is 54.8. The Morgan fingerprint density at radius 1 is 0.472 bits per heavy atom. The summed E-state index contributed by atoms with van der Waals surface area (Å²) in [4.78, 5) is 25.5. The van der Waals surface area contributed by atoms with Crippen LogP contribution in [-0.4, -0.2) is 68.5 Å². The van der Waals surface area contributed by atoms with Crippen molar-refractivity contribution in [3.8, 4) is 0 Å². The molecule has 428 valence electrons. The monoisotopic (exact) mass is 1040 g/mol. The molecule has 0 aromatic rings. The first-order valence-corrected chi connectivity index (χ1v) is 33.2. The van der Waals surface area contributed by atoms with Crippen LogP contribution in [0.15, 0.2) is 24.3 Å². The van der Waals surface area contributed by atoms with E-state index in [9.17, 15) is 19.4 Å². The van der Waals surface area contributed by atoms with Crippen LogP contribution < -0.4 is 10.2 Å². The molecule has 0 aromatic carbocycles. The summed E-state index contributed by atoms with van der Waals surface area (Å²) in [6.45, 7) is 4.67. The van der Waals surface area contributed by atoms with Gasteiger partial charge in [-0.25, -0.2) is 0 Å². The number of aliphatic hydroxyl groups excluding tert-OH is 1. The highest BCUT2D eigenvalue weighted by Crippen LogP contribution is 2.38. The summed E-state index contributed by atoms with van der Waals surface area (Å²) in [6, 6.07) is -0.900. The third-order valence-corrected chi connectivity index (χ3v) is 15.6. The predicted molar refractivity (Wildman–Crippen MR) is 312 cm³/mol. The molecule has 3 atom stereocenters. The molecular formula is C63H125N2O6P. The highest BCUT2D eigenvalue weighted by Gasteiger charge is 2.23. The quantitative estimate of drug-likeness (QED) is 0.0272. The summed E-state index contributed by atoms with van der Waals surface area (Å²) < 4.78 is 23.3. The molecular weight excluding hydrogens is 912 g/mol. The summed E-state index contributed by atoms with van der Waals surface area (Å²) >= 11 is 0. The van der Waals surface area contributed by atoms with Crippen molar-refractivity contribution in [2.75, 3.05) is 40.9 Å². The number of phosphoric acid groups is 1. The fourth-order valence-corrected chi connectivity index (χ4v) is 10.4. The molecule has 0 fully saturated rings. The zero-order chi connectivity index (χ0) is 52.7. The molecule has 0 bridgehead atoms. The van der Waals surface area contributed by atoms with Crippen LogP contribution in [0.4, 0.5) is 0 Å². The Bertz CT molecular complexity index is 1220. The van der Waals surface area contributed by atoms with E-state index in [0.717, 1.165) is 38.5 Å². The Labute approximate surface area is 449 Å². The van der Waals surface area contributed by atoms with E-state index in [-0.39, 0.29) is 19.1 Å². The van der Waals surface area contributed by atoms with Crippen LogP contribution >= 0.6 is 7.82 Å². The number of unbranched alkanes of at least 4 members (excludes halogenated alkanes) is 44. The van der Waals surface area contributed by atoms with Gasteiger partial charge in [0.1, 0.15) is 13.2 Å². The first-order chi connectivity index (χ1) is 35.0. The molecule has 0 aliphatic carbocycles. The van der Waals surface area contributed by atoms with Gasteiger partial charge in [0, 0.05) is 6.42 Å². The van der Waals surface area contributed by atoms with Crippen molar-refractivity contribution in [1.82, 2.24) is 5.32 Å². The summed E-state index contributed by atoms with van der Waals surface area (Å²) in [5.74, 6) is -0.201. The number of phosphoric ester groups is 1. The summed E-state index contributed by atoms with van der Waals surface area (Å²) in [7, 11) is 1.26. The number of likely N-dealkylation sites (N-methyl/N-ethyl adjacent to an activating group) is 1. The zero-order valence-electron chi connectivity index (χ0n) is 48.9. The molecule has 3 unspecified atom stereocenters. The van der Waals surface area contributed by atoms with E-state index in [1.54, 1.807) is 6.08 Å². The van der Waals surface area contributed by atoms with Crippen LogP contribution in [0.3, 0.4) is 0 Å². The number of amides is 1. The number of quaternary nitrogens is 1. The molecule has 0 aliphatic heterocycles. The SMILES string of the molecule is CCCCCCCCCCC/C=C/CC/C=C/C(O)C(COP(=O)([O-])OCC[N+](C)(C)C)NC(=O)CCCCCCCCCCCCCCCCCCCCCCCCCCCCCCCCCCCCC. The van der Waals surface area contributed by atoms with Crippen molar-refractivity contribution >= 4 is 13.7 Å². The smallest absolute Gasteiger partial charge is 0.268 e. The number of carbonyl (C=O) groups excluding carboxylic acids is 1. The van der Waals surface area contributed by atoms with Gasteiger partial charge < -0.3 is 28.8 Å². The van der Waals surface area contributed by atoms with Gasteiger partial charge in [0.15, 0.2) is 0 Å². The molecule has 72 heavy (non-hydrogen) atoms. The average molecular weight is 1040 g/mol. The van der Waals surface area contributed by atoms with Gasteiger partial charge in [-0.1, -0.05) is 308 Å². The Hall–Kier alpha value is -1.02. The lowest BCUT2D eigenvalue weighted by Gasteiger charge is -2.29. The minimum atomic E-state index is -4.60. The van der Waals surface area contributed by atoms with Gasteiger partial charge >= 0.3 is 0 Å². The Kier molecular flexibility index (Phi) is 54.0. The van der Waals surface area contributed by atoms with Crippen LogP contribution in [-0.2, 0) is 18.4 Å². The second-order valence-corrected chi connectivity index (χ2v) is 24.5. The lowest BCUT2D eigenvalue weighted by Crippen LogP contribution is -2.45. The second-order valence-electron chi connectivity index (χ2n) is 23.1. The molecule has 9 heteroatoms. The highest BCUT2D eigenvalue weighted by molar-refractivity contribution is 7.45. The van der Waals surface area contributed by atoms with E-state index in [0.29, 0.717) is 17.4 Å². The van der Waals surface area contributed by atoms with E-state index in [2.05, 4.69) is 31.3 Å². The molecule has 8 nitrogen and oxygen atoms in total. The number of allylic oxidation sites excluding steroid dienone is 3. The predicted octanol–water partition coefficient (Wildman–Crippen LogP) is 18.9. The van der Waals surface area contributed by atoms with Crippen molar-refractivity contribution in [1.29, 1.82) is 0 Å². The number of hydrogen-bond donors (Lipinski definition) is 2. The summed E-state index contributed by atoms with van der Waals surface area (Å²) in [5.41, 5.74) is 0. The molecule has 1 amide bonds. The molecule has 0 saturated carbocycles. The van der Waals surface area contributed by atoms with Crippen molar-refractivity contribution in [2.45, 2.75) is 334 Å². The molecule has 0 spiro atoms. The molecule has 0 rings (SSSR count). The fourth-order valence-electron chi connectivity index (χ4n) is 9.70. The van der Waals surface area contributed by atoms with Gasteiger partial charge in [-0.15, -0.1) is 0 Å². The van der Waals surface area contributed by atoms with Crippen LogP contribution in [0.25, 0.3) is 0 Å². The number of nitrogens with zero attached hydrogens (tertiary/aromatic N) is 1. The largest absolute Gasteiger partial charge is 0.756 e. The Morgan fingerprint density at radius 2 is 0.778 bits per heavy atom. The molecule has 0 heterocycles. The minimum absolute atomic E-state index is 0.00382. The maximum Gasteiger partial charge on any atom is 0.268 e. The fraction of sp³-hybridized carbons (Fsp3) is 0.921. The average Bonchev–Trinajstić information content (AvgIpc) is 3.34. The van der Waals surface area contributed by atoms with Crippen molar-refractivity contribution < 1.29 is 32.9 Å². The minimum Gasteiger partial charge on any atom is -0.756 e. The lowest BCUT2D eigenvalue weighted by atomic mass is 10.0. The Morgan fingerprint density at radius 3 is 1.12 bits per heavy atom. The summed E-state index contributed by atoms with van der Waals surface area (Å²) in [6.07, 6.45) is 70.1. The number of hydrogen-bond acceptors (Lipinski definition) is 6. The molecule has 2 N–H and O–H groups in total. The van der Waals surface area contributed by atoms with Crippen molar-refractivity contribution in [3.05, 3.63) is 24.3 Å². The topological polar surface area (TPSA) is 108 Å². The van der Waals surface area contributed by atoms with Crippen molar-refractivity contribution in [3.63, 3.8) is 0 Å². The van der Waals surface area contributed by atoms with Crippen LogP contribution in [0, 0.1) is 0 Å². The first-order valence-electron chi connectivity index (χ1n) is 31.7. The maximum atomic E-state index is 13.0. The third kappa shape index (κ3) is 56.7. The summed E-state index contributed by atoms with van der Waals surface area (Å²) in [5, 5.41) is 13.9. The number of carbonyl (C=O) groups is 1. The third-order valence-electron chi connectivity index (χ3n) is 14.7. The van der Waals surface area contributed by atoms with Gasteiger partial charge in [0.05, 0.1) is 39.9 Å². The number of aliphatic hydroxyl groups is 1. The van der Waals surface area contributed by atoms with Crippen LogP contribution in [0.2, 0.25) is 0 Å². The standard InChI is InChI=1S/C63H125N2O6P/c1-6-8-10-12-14-16-18-20-22-23-24-25-26-27-28-29-30-31-32-33-34-35-36-37-38-39-40-41-43-45-47-49-51-53-55-57-63(67)64-61(60-71-72(68,69)70-59-58-65(3,4)5)62(66)56-54-52-50-48-46-44-42-21-19-17-15-13-11-9-7-2/h46,48,54,56,61-62,66H,6-45,47,49-53,55,57-60H2,1-5H3,(H-,64,67,68,69)/b48-46+,56-54+. The van der Waals surface area contributed by atoms with Gasteiger partial charge in [-0.3, -0.25) is 9.36 Å². The normalized spacial score (nSPS) is 13.9. The number of rotatable bonds is 59. The van der Waals surface area contributed by atoms with E-state index >= 15 is 0 Å². The van der Waals surface area contributed by atoms with E-state index in [1.807, 2.05) is 27.2 Å². The van der Waals surface area contributed by atoms with Gasteiger partial charge in [0.25, 0.3) is 7.82 Å². The highest BCUT2D eigenvalue weighted by atomic mass is 31.2. The van der Waals surface area contributed by atoms with Crippen molar-refractivity contribution in [2.24, 2.45) is 0 Å². The molecule has 0 aliphatic rings. The van der Waals surface area contributed by atoms with Gasteiger partial charge in [0.2, 0.25) is 5.91 Å². The Balaban J connectivity index is 3.95. The van der Waals surface area contributed by atoms with Gasteiger partial charge in [-0.2, -0.15) is 0 Å². The van der Waals surface area contributed by atoms with E-state index in [4.69, 9.17) is 9.05 Å². The number of nitrogens with one attached hydrogen (secondary N) is 1. The van der Waals surface area contributed by atoms with E-state index in [1.165, 1.54) is 263 Å². The molecule has 0 radical (unpaired) electrons.